The minimum Gasteiger partial charge on any atom is -0.354 e. The summed E-state index contributed by atoms with van der Waals surface area (Å²) in [6.45, 7) is 4.90. The molecule has 3 aromatic rings. The number of nitrogens with zero attached hydrogens (tertiary/aromatic N) is 4. The van der Waals surface area contributed by atoms with Crippen LogP contribution in [-0.4, -0.2) is 48.1 Å². The molecule has 2 aromatic carbocycles. The average Bonchev–Trinajstić information content (AvgIpc) is 2.78. The van der Waals surface area contributed by atoms with Crippen LogP contribution in [0.1, 0.15) is 16.7 Å². The van der Waals surface area contributed by atoms with Gasteiger partial charge in [0.1, 0.15) is 5.82 Å². The van der Waals surface area contributed by atoms with Gasteiger partial charge in [0, 0.05) is 43.9 Å². The molecule has 148 valence electrons. The molecule has 1 fully saturated rings. The average molecular weight is 386 g/mol. The lowest BCUT2D eigenvalue weighted by atomic mass is 9.89. The number of rotatable bonds is 4. The first kappa shape index (κ1) is 18.1. The molecule has 0 atom stereocenters. The molecule has 1 aromatic heterocycles. The number of hydrogen-bond acceptors (Lipinski definition) is 5. The Bertz CT molecular complexity index is 993. The Morgan fingerprint density at radius 1 is 0.862 bits per heavy atom. The Balaban J connectivity index is 1.53. The fraction of sp³-hybridized carbons (Fsp3) is 0.333. The van der Waals surface area contributed by atoms with Gasteiger partial charge in [-0.3, -0.25) is 0 Å². The molecule has 5 nitrogen and oxygen atoms in total. The van der Waals surface area contributed by atoms with Gasteiger partial charge in [0.25, 0.3) is 0 Å². The van der Waals surface area contributed by atoms with Gasteiger partial charge in [-0.25, -0.2) is 4.98 Å². The summed E-state index contributed by atoms with van der Waals surface area (Å²) in [4.78, 5) is 14.8. The summed E-state index contributed by atoms with van der Waals surface area (Å²) in [5.41, 5.74) is 6.28. The van der Waals surface area contributed by atoms with Gasteiger partial charge in [-0.1, -0.05) is 54.6 Å². The van der Waals surface area contributed by atoms with Crippen LogP contribution in [0, 0.1) is 0 Å². The van der Waals surface area contributed by atoms with Gasteiger partial charge in [-0.2, -0.15) is 4.98 Å². The predicted octanol–water partition coefficient (Wildman–Crippen LogP) is 3.61. The summed E-state index contributed by atoms with van der Waals surface area (Å²) in [6.07, 6.45) is 2.07. The third-order valence-corrected chi connectivity index (χ3v) is 6.00. The number of anilines is 2. The first-order chi connectivity index (χ1) is 14.3. The van der Waals surface area contributed by atoms with Gasteiger partial charge in [0.15, 0.2) is 0 Å². The largest absolute Gasteiger partial charge is 0.354 e. The van der Waals surface area contributed by atoms with Crippen molar-refractivity contribution in [3.63, 3.8) is 0 Å². The number of likely N-dealkylation sites (N-methyl/N-ethyl adjacent to an activating group) is 1. The number of hydrogen-bond donors (Lipinski definition) is 1. The fourth-order valence-electron chi connectivity index (χ4n) is 4.29. The van der Waals surface area contributed by atoms with Crippen LogP contribution >= 0.6 is 0 Å². The van der Waals surface area contributed by atoms with Gasteiger partial charge in [-0.05, 0) is 31.0 Å². The highest BCUT2D eigenvalue weighted by atomic mass is 15.3. The lowest BCUT2D eigenvalue weighted by Crippen LogP contribution is -2.45. The molecule has 2 aliphatic rings. The first-order valence-corrected chi connectivity index (χ1v) is 10.5. The summed E-state index contributed by atoms with van der Waals surface area (Å²) >= 11 is 0. The molecule has 1 N–H and O–H groups in total. The van der Waals surface area contributed by atoms with Crippen molar-refractivity contribution < 1.29 is 0 Å². The zero-order chi connectivity index (χ0) is 19.6. The zero-order valence-corrected chi connectivity index (χ0v) is 16.9. The van der Waals surface area contributed by atoms with Crippen LogP contribution < -0.4 is 10.2 Å². The summed E-state index contributed by atoms with van der Waals surface area (Å²) in [7, 11) is 2.19. The Kier molecular flexibility index (Phi) is 4.90. The molecule has 0 unspecified atom stereocenters. The van der Waals surface area contributed by atoms with E-state index in [1.165, 1.54) is 22.3 Å². The second kappa shape index (κ2) is 7.84. The highest BCUT2D eigenvalue weighted by Crippen LogP contribution is 2.37. The van der Waals surface area contributed by atoms with Crippen LogP contribution in [-0.2, 0) is 19.4 Å². The second-order valence-electron chi connectivity index (χ2n) is 7.98. The summed E-state index contributed by atoms with van der Waals surface area (Å²) in [5.74, 6) is 1.84. The molecule has 5 rings (SSSR count). The van der Waals surface area contributed by atoms with E-state index in [2.05, 4.69) is 70.7 Å². The molecular weight excluding hydrogens is 358 g/mol. The Labute approximate surface area is 172 Å². The highest BCUT2D eigenvalue weighted by Gasteiger charge is 2.26. The van der Waals surface area contributed by atoms with Crippen LogP contribution in [0.5, 0.6) is 0 Å². The van der Waals surface area contributed by atoms with E-state index in [-0.39, 0.29) is 0 Å². The second-order valence-corrected chi connectivity index (χ2v) is 7.98. The molecule has 1 aliphatic heterocycles. The van der Waals surface area contributed by atoms with E-state index < -0.39 is 0 Å². The molecule has 29 heavy (non-hydrogen) atoms. The number of aromatic nitrogens is 2. The normalized spacial score (nSPS) is 16.2. The number of nitrogens with one attached hydrogen (secondary N) is 1. The van der Waals surface area contributed by atoms with Gasteiger partial charge in [0.05, 0.1) is 5.69 Å². The maximum atomic E-state index is 5.01. The van der Waals surface area contributed by atoms with E-state index in [0.717, 1.165) is 63.0 Å². The third-order valence-electron chi connectivity index (χ3n) is 6.00. The smallest absolute Gasteiger partial charge is 0.225 e. The molecule has 0 bridgehead atoms. The van der Waals surface area contributed by atoms with E-state index in [9.17, 15) is 0 Å². The van der Waals surface area contributed by atoms with Crippen LogP contribution in [0.2, 0.25) is 0 Å². The number of piperazine rings is 1. The van der Waals surface area contributed by atoms with Crippen LogP contribution in [0.3, 0.4) is 0 Å². The Hall–Kier alpha value is -2.92. The number of benzene rings is 2. The van der Waals surface area contributed by atoms with Crippen LogP contribution in [0.25, 0.3) is 11.3 Å². The molecule has 0 radical (unpaired) electrons. The zero-order valence-electron chi connectivity index (χ0n) is 16.9. The van der Waals surface area contributed by atoms with Crippen molar-refractivity contribution in [2.45, 2.75) is 19.4 Å². The number of fused-ring (bicyclic) bond motifs is 3. The quantitative estimate of drug-likeness (QED) is 0.743. The maximum absolute atomic E-state index is 5.01. The summed E-state index contributed by atoms with van der Waals surface area (Å²) in [5, 5.41) is 3.47. The van der Waals surface area contributed by atoms with Gasteiger partial charge in [-0.15, -0.1) is 0 Å². The first-order valence-electron chi connectivity index (χ1n) is 10.5. The minimum absolute atomic E-state index is 0.721. The van der Waals surface area contributed by atoms with Crippen LogP contribution in [0.4, 0.5) is 11.8 Å². The van der Waals surface area contributed by atoms with E-state index in [0.29, 0.717) is 0 Å². The lowest BCUT2D eigenvalue weighted by molar-refractivity contribution is 0.312. The van der Waals surface area contributed by atoms with Crippen molar-refractivity contribution in [3.05, 3.63) is 71.3 Å². The van der Waals surface area contributed by atoms with Crippen molar-refractivity contribution >= 4 is 11.8 Å². The molecule has 1 saturated heterocycles. The van der Waals surface area contributed by atoms with E-state index in [1.54, 1.807) is 0 Å². The standard InChI is InChI=1S/C24H27N5/c1-28-13-15-29(16-14-28)23-21-12-11-19-9-5-6-10-20(19)22(21)26-24(27-23)25-17-18-7-3-2-4-8-18/h2-10H,11-17H2,1H3,(H,25,26,27). The topological polar surface area (TPSA) is 44.3 Å². The van der Waals surface area contributed by atoms with Crippen molar-refractivity contribution in [1.29, 1.82) is 0 Å². The molecular formula is C24H27N5. The molecule has 5 heteroatoms. The Morgan fingerprint density at radius 2 is 1.62 bits per heavy atom. The van der Waals surface area contributed by atoms with Crippen LogP contribution in [0.15, 0.2) is 54.6 Å². The predicted molar refractivity (Wildman–Crippen MR) is 118 cm³/mol. The third kappa shape index (κ3) is 3.70. The molecule has 1 aliphatic carbocycles. The van der Waals surface area contributed by atoms with Crippen molar-refractivity contribution in [3.8, 4) is 11.3 Å². The van der Waals surface area contributed by atoms with E-state index in [1.807, 2.05) is 6.07 Å². The monoisotopic (exact) mass is 385 g/mol. The van der Waals surface area contributed by atoms with E-state index >= 15 is 0 Å². The van der Waals surface area contributed by atoms with Crippen molar-refractivity contribution in [1.82, 2.24) is 14.9 Å². The van der Waals surface area contributed by atoms with Gasteiger partial charge < -0.3 is 15.1 Å². The SMILES string of the molecule is CN1CCN(c2nc(NCc3ccccc3)nc3c2CCc2ccccc2-3)CC1. The van der Waals surface area contributed by atoms with Gasteiger partial charge >= 0.3 is 0 Å². The van der Waals surface area contributed by atoms with E-state index in [4.69, 9.17) is 9.97 Å². The van der Waals surface area contributed by atoms with Gasteiger partial charge in [0.2, 0.25) is 5.95 Å². The summed E-state index contributed by atoms with van der Waals surface area (Å²) < 4.78 is 0. The molecule has 0 saturated carbocycles. The Morgan fingerprint density at radius 3 is 2.45 bits per heavy atom. The number of aryl methyl sites for hydroxylation is 1. The van der Waals surface area contributed by atoms with Crippen molar-refractivity contribution in [2.24, 2.45) is 0 Å². The lowest BCUT2D eigenvalue weighted by Gasteiger charge is -2.35. The molecule has 0 spiro atoms. The molecule has 2 heterocycles. The minimum atomic E-state index is 0.721. The maximum Gasteiger partial charge on any atom is 0.225 e. The van der Waals surface area contributed by atoms with Crippen molar-refractivity contribution in [2.75, 3.05) is 43.4 Å². The summed E-state index contributed by atoms with van der Waals surface area (Å²) in [6, 6.07) is 19.1. The fourth-order valence-corrected chi connectivity index (χ4v) is 4.29. The highest BCUT2D eigenvalue weighted by molar-refractivity contribution is 5.75. The molecule has 0 amide bonds.